The van der Waals surface area contributed by atoms with Crippen LogP contribution in [0.4, 0.5) is 24.8 Å². The summed E-state index contributed by atoms with van der Waals surface area (Å²) in [6, 6.07) is -0.209. The number of hydrogen-bond acceptors (Lipinski definition) is 8. The minimum Gasteiger partial charge on any atom is -0.379 e. The Morgan fingerprint density at radius 2 is 1.94 bits per heavy atom. The predicted octanol–water partition coefficient (Wildman–Crippen LogP) is 1.49. The third kappa shape index (κ3) is 6.88. The van der Waals surface area contributed by atoms with E-state index >= 15 is 0 Å². The lowest BCUT2D eigenvalue weighted by atomic mass is 10.1. The number of carbonyl (C=O) groups excluding carboxylic acids is 1. The fraction of sp³-hybridized carbons (Fsp3) is 0.550. The van der Waals surface area contributed by atoms with Crippen LogP contribution >= 0.6 is 0 Å². The van der Waals surface area contributed by atoms with Crippen molar-refractivity contribution in [3.05, 3.63) is 40.1 Å². The molecule has 0 bridgehead atoms. The Bertz CT molecular complexity index is 990. The first-order valence-electron chi connectivity index (χ1n) is 10.5. The second-order valence-corrected chi connectivity index (χ2v) is 7.90. The molecule has 2 aromatic heterocycles. The summed E-state index contributed by atoms with van der Waals surface area (Å²) in [6.07, 6.45) is -0.176. The molecule has 1 fully saturated rings. The molecule has 33 heavy (non-hydrogen) atoms. The van der Waals surface area contributed by atoms with E-state index in [1.807, 2.05) is 6.92 Å². The largest absolute Gasteiger partial charge is 0.419 e. The maximum absolute atomic E-state index is 12.6. The average molecular weight is 469 g/mol. The van der Waals surface area contributed by atoms with E-state index in [0.717, 1.165) is 12.4 Å². The number of H-pyrrole nitrogens is 1. The summed E-state index contributed by atoms with van der Waals surface area (Å²) in [5.74, 6) is -0.0103. The molecular formula is C20H26F3N7O3. The van der Waals surface area contributed by atoms with Gasteiger partial charge in [-0.15, -0.1) is 0 Å². The molecule has 0 radical (unpaired) electrons. The maximum atomic E-state index is 12.6. The summed E-state index contributed by atoms with van der Waals surface area (Å²) < 4.78 is 43.4. The smallest absolute Gasteiger partial charge is 0.379 e. The highest BCUT2D eigenvalue weighted by Gasteiger charge is 2.32. The molecule has 1 atom stereocenters. The number of carbonyl (C=O) groups is 1. The Morgan fingerprint density at radius 3 is 2.58 bits per heavy atom. The highest BCUT2D eigenvalue weighted by Crippen LogP contribution is 2.28. The molecule has 0 aliphatic carbocycles. The topological polar surface area (TPSA) is 125 Å². The van der Waals surface area contributed by atoms with E-state index in [-0.39, 0.29) is 42.7 Å². The number of aromatic amines is 1. The first kappa shape index (κ1) is 24.4. The van der Waals surface area contributed by atoms with Crippen molar-refractivity contribution >= 4 is 17.5 Å². The number of aromatic nitrogens is 4. The summed E-state index contributed by atoms with van der Waals surface area (Å²) in [7, 11) is 0. The van der Waals surface area contributed by atoms with Crippen molar-refractivity contribution in [2.45, 2.75) is 44.9 Å². The van der Waals surface area contributed by atoms with Crippen LogP contribution < -0.4 is 21.1 Å². The highest BCUT2D eigenvalue weighted by molar-refractivity contribution is 5.77. The van der Waals surface area contributed by atoms with E-state index in [1.54, 1.807) is 11.8 Å². The zero-order valence-electron chi connectivity index (χ0n) is 18.3. The zero-order valence-corrected chi connectivity index (χ0v) is 18.3. The lowest BCUT2D eigenvalue weighted by Crippen LogP contribution is -2.46. The number of anilines is 2. The molecule has 1 aliphatic rings. The summed E-state index contributed by atoms with van der Waals surface area (Å²) >= 11 is 0. The van der Waals surface area contributed by atoms with Crippen LogP contribution in [0, 0.1) is 6.92 Å². The molecule has 1 aliphatic heterocycles. The number of hydrogen-bond donors (Lipinski definition) is 3. The maximum Gasteiger partial charge on any atom is 0.419 e. The Labute approximate surface area is 188 Å². The van der Waals surface area contributed by atoms with E-state index in [0.29, 0.717) is 37.2 Å². The third-order valence-electron chi connectivity index (χ3n) is 5.22. The SMILES string of the molecule is Cc1c(N[C@@H](C)COCC(=O)NC2CCN(c3ncc(C(F)(F)F)cn3)CC2)cn[nH]c1=O. The van der Waals surface area contributed by atoms with Crippen molar-refractivity contribution in [3.8, 4) is 0 Å². The highest BCUT2D eigenvalue weighted by atomic mass is 19.4. The lowest BCUT2D eigenvalue weighted by molar-refractivity contribution is -0.138. The summed E-state index contributed by atoms with van der Waals surface area (Å²) in [6.45, 7) is 4.71. The van der Waals surface area contributed by atoms with Gasteiger partial charge >= 0.3 is 6.18 Å². The van der Waals surface area contributed by atoms with Crippen molar-refractivity contribution in [1.82, 2.24) is 25.5 Å². The lowest BCUT2D eigenvalue weighted by Gasteiger charge is -2.32. The van der Waals surface area contributed by atoms with Gasteiger partial charge in [0.25, 0.3) is 5.56 Å². The van der Waals surface area contributed by atoms with Gasteiger partial charge in [0.2, 0.25) is 11.9 Å². The van der Waals surface area contributed by atoms with E-state index in [1.165, 1.54) is 6.20 Å². The van der Waals surface area contributed by atoms with Crippen LogP contribution in [0.3, 0.4) is 0 Å². The number of alkyl halides is 3. The molecule has 10 nitrogen and oxygen atoms in total. The van der Waals surface area contributed by atoms with Crippen molar-refractivity contribution in [1.29, 1.82) is 0 Å². The number of halogens is 3. The van der Waals surface area contributed by atoms with Crippen molar-refractivity contribution in [2.75, 3.05) is 36.5 Å². The second-order valence-electron chi connectivity index (χ2n) is 7.90. The van der Waals surface area contributed by atoms with Gasteiger partial charge in [-0.1, -0.05) is 0 Å². The van der Waals surface area contributed by atoms with Gasteiger partial charge in [-0.3, -0.25) is 9.59 Å². The molecule has 0 spiro atoms. The van der Waals surface area contributed by atoms with Gasteiger partial charge in [-0.2, -0.15) is 18.3 Å². The quantitative estimate of drug-likeness (QED) is 0.531. The van der Waals surface area contributed by atoms with Crippen LogP contribution in [0.5, 0.6) is 0 Å². The second kappa shape index (κ2) is 10.6. The van der Waals surface area contributed by atoms with E-state index < -0.39 is 11.7 Å². The Kier molecular flexibility index (Phi) is 7.84. The Balaban J connectivity index is 1.36. The van der Waals surface area contributed by atoms with E-state index in [4.69, 9.17) is 4.74 Å². The minimum absolute atomic E-state index is 0.0629. The molecule has 0 aromatic carbocycles. The fourth-order valence-corrected chi connectivity index (χ4v) is 3.36. The van der Waals surface area contributed by atoms with Gasteiger partial charge in [0.1, 0.15) is 6.61 Å². The van der Waals surface area contributed by atoms with E-state index in [2.05, 4.69) is 30.8 Å². The molecule has 13 heteroatoms. The summed E-state index contributed by atoms with van der Waals surface area (Å²) in [4.78, 5) is 33.2. The van der Waals surface area contributed by atoms with Gasteiger partial charge in [0, 0.05) is 43.1 Å². The molecule has 1 amide bonds. The predicted molar refractivity (Wildman–Crippen MR) is 114 cm³/mol. The molecular weight excluding hydrogens is 443 g/mol. The number of rotatable bonds is 8. The summed E-state index contributed by atoms with van der Waals surface area (Å²) in [5.41, 5.74) is -0.0451. The van der Waals surface area contributed by atoms with Crippen LogP contribution in [0.15, 0.2) is 23.4 Å². The number of nitrogens with one attached hydrogen (secondary N) is 3. The molecule has 0 saturated carbocycles. The van der Waals surface area contributed by atoms with Crippen LogP contribution in [-0.4, -0.2) is 64.5 Å². The molecule has 3 N–H and O–H groups in total. The molecule has 3 heterocycles. The first-order valence-corrected chi connectivity index (χ1v) is 10.5. The monoisotopic (exact) mass is 469 g/mol. The van der Waals surface area contributed by atoms with Crippen LogP contribution in [0.25, 0.3) is 0 Å². The van der Waals surface area contributed by atoms with Crippen molar-refractivity contribution in [3.63, 3.8) is 0 Å². The molecule has 180 valence electrons. The number of ether oxygens (including phenoxy) is 1. The fourth-order valence-electron chi connectivity index (χ4n) is 3.36. The Hall–Kier alpha value is -3.22. The van der Waals surface area contributed by atoms with E-state index in [9.17, 15) is 22.8 Å². The standard InChI is InChI=1S/C20H26F3N7O3/c1-12(27-16-9-26-29-18(32)13(16)2)10-33-11-17(31)28-15-3-5-30(6-4-15)19-24-7-14(8-25-19)20(21,22)23/h7-9,12,15H,3-6,10-11H2,1-2H3,(H,28,31)(H2,27,29,32)/t12-/m0/s1. The summed E-state index contributed by atoms with van der Waals surface area (Å²) in [5, 5.41) is 12.1. The normalized spacial score (nSPS) is 15.8. The van der Waals surface area contributed by atoms with Gasteiger partial charge in [0.05, 0.1) is 24.1 Å². The first-order chi connectivity index (χ1) is 15.6. The molecule has 1 saturated heterocycles. The average Bonchev–Trinajstić information content (AvgIpc) is 2.77. The van der Waals surface area contributed by atoms with Crippen LogP contribution in [0.1, 0.15) is 30.9 Å². The van der Waals surface area contributed by atoms with Gasteiger partial charge in [-0.25, -0.2) is 15.1 Å². The van der Waals surface area contributed by atoms with Crippen molar-refractivity contribution < 1.29 is 22.7 Å². The molecule has 0 unspecified atom stereocenters. The zero-order chi connectivity index (χ0) is 24.0. The number of amides is 1. The Morgan fingerprint density at radius 1 is 1.27 bits per heavy atom. The number of nitrogens with zero attached hydrogens (tertiary/aromatic N) is 4. The third-order valence-corrected chi connectivity index (χ3v) is 5.22. The van der Waals surface area contributed by atoms with Crippen LogP contribution in [0.2, 0.25) is 0 Å². The minimum atomic E-state index is -4.47. The van der Waals surface area contributed by atoms with Crippen LogP contribution in [-0.2, 0) is 15.7 Å². The van der Waals surface area contributed by atoms with Gasteiger partial charge in [0.15, 0.2) is 0 Å². The number of piperidine rings is 1. The van der Waals surface area contributed by atoms with Gasteiger partial charge < -0.3 is 20.3 Å². The molecule has 2 aromatic rings. The van der Waals surface area contributed by atoms with Crippen molar-refractivity contribution in [2.24, 2.45) is 0 Å². The molecule has 3 rings (SSSR count). The van der Waals surface area contributed by atoms with Gasteiger partial charge in [-0.05, 0) is 26.7 Å².